The molecule has 1 aromatic carbocycles. The Bertz CT molecular complexity index is 413. The zero-order chi connectivity index (χ0) is 13.0. The molecule has 0 fully saturated rings. The summed E-state index contributed by atoms with van der Waals surface area (Å²) in [6.07, 6.45) is 0. The number of hydrogen-bond acceptors (Lipinski definition) is 3. The fourth-order valence-electron chi connectivity index (χ4n) is 1.33. The summed E-state index contributed by atoms with van der Waals surface area (Å²) < 4.78 is 5.00. The predicted molar refractivity (Wildman–Crippen MR) is 63.2 cm³/mol. The second-order valence-corrected chi connectivity index (χ2v) is 3.66. The van der Waals surface area contributed by atoms with E-state index in [1.807, 2.05) is 0 Å². The molecule has 0 bridgehead atoms. The summed E-state index contributed by atoms with van der Waals surface area (Å²) in [6.45, 7) is 1.37. The summed E-state index contributed by atoms with van der Waals surface area (Å²) >= 11 is 0. The van der Waals surface area contributed by atoms with Crippen molar-refractivity contribution in [1.29, 1.82) is 0 Å². The summed E-state index contributed by atoms with van der Waals surface area (Å²) in [7, 11) is 3.10. The van der Waals surface area contributed by atoms with E-state index in [0.717, 1.165) is 0 Å². The van der Waals surface area contributed by atoms with Gasteiger partial charge in [0, 0.05) is 12.7 Å². The van der Waals surface area contributed by atoms with Crippen molar-refractivity contribution in [3.63, 3.8) is 0 Å². The summed E-state index contributed by atoms with van der Waals surface area (Å²) in [5.74, 6) is -1.96. The fourth-order valence-corrected chi connectivity index (χ4v) is 1.33. The first-order valence-electron chi connectivity index (χ1n) is 5.11. The van der Waals surface area contributed by atoms with Crippen LogP contribution >= 0.6 is 0 Å². The highest BCUT2D eigenvalue weighted by atomic mass is 16.5. The van der Waals surface area contributed by atoms with Crippen molar-refractivity contribution in [3.05, 3.63) is 24.3 Å². The number of carboxylic acids is 1. The van der Waals surface area contributed by atoms with Gasteiger partial charge in [0.25, 0.3) is 0 Å². The predicted octanol–water partition coefficient (Wildman–Crippen LogP) is 1.38. The Morgan fingerprint density at radius 1 is 1.29 bits per heavy atom. The lowest BCUT2D eigenvalue weighted by Gasteiger charge is -2.19. The maximum absolute atomic E-state index is 11.8. The Hall–Kier alpha value is -2.04. The molecule has 1 N–H and O–H groups in total. The molecule has 1 amide bonds. The van der Waals surface area contributed by atoms with E-state index in [2.05, 4.69) is 0 Å². The number of aliphatic carboxylic acids is 1. The smallest absolute Gasteiger partial charge is 0.315 e. The molecule has 1 aromatic rings. The van der Waals surface area contributed by atoms with Gasteiger partial charge in [-0.1, -0.05) is 0 Å². The average Bonchev–Trinajstić information content (AvgIpc) is 2.36. The topological polar surface area (TPSA) is 66.8 Å². The van der Waals surface area contributed by atoms with Crippen LogP contribution in [0.5, 0.6) is 5.75 Å². The molecule has 0 saturated carbocycles. The lowest BCUT2D eigenvalue weighted by Crippen LogP contribution is -2.35. The molecule has 0 spiro atoms. The second-order valence-electron chi connectivity index (χ2n) is 3.66. The number of ether oxygens (including phenoxy) is 1. The number of carboxylic acid groups (broad SMARTS) is 1. The number of carbonyl (C=O) groups excluding carboxylic acids is 1. The summed E-state index contributed by atoms with van der Waals surface area (Å²) in [4.78, 5) is 23.8. The highest BCUT2D eigenvalue weighted by Gasteiger charge is 2.24. The van der Waals surface area contributed by atoms with Gasteiger partial charge >= 0.3 is 5.97 Å². The fraction of sp³-hybridized carbons (Fsp3) is 0.333. The Labute approximate surface area is 99.6 Å². The maximum atomic E-state index is 11.8. The van der Waals surface area contributed by atoms with Gasteiger partial charge in [-0.25, -0.2) is 0 Å². The molecule has 0 heterocycles. The molecule has 0 saturated heterocycles. The standard InChI is InChI=1S/C12H15NO4/c1-8(12(15)16)11(14)13(2)9-4-6-10(17-3)7-5-9/h4-8H,1-3H3,(H,15,16). The minimum absolute atomic E-state index is 0.456. The van der Waals surface area contributed by atoms with Crippen LogP contribution in [-0.4, -0.2) is 31.1 Å². The van der Waals surface area contributed by atoms with Crippen LogP contribution < -0.4 is 9.64 Å². The molecular weight excluding hydrogens is 222 g/mol. The second kappa shape index (κ2) is 5.34. The van der Waals surface area contributed by atoms with Crippen molar-refractivity contribution in [2.24, 2.45) is 5.92 Å². The molecule has 1 unspecified atom stereocenters. The quantitative estimate of drug-likeness (QED) is 0.803. The third-order valence-electron chi connectivity index (χ3n) is 2.53. The SMILES string of the molecule is COc1ccc(N(C)C(=O)C(C)C(=O)O)cc1. The van der Waals surface area contributed by atoms with Crippen LogP contribution in [0.25, 0.3) is 0 Å². The van der Waals surface area contributed by atoms with Gasteiger partial charge in [0.15, 0.2) is 0 Å². The Balaban J connectivity index is 2.84. The molecule has 1 rings (SSSR count). The number of carbonyl (C=O) groups is 2. The van der Waals surface area contributed by atoms with Crippen LogP contribution in [0.2, 0.25) is 0 Å². The third kappa shape index (κ3) is 2.96. The summed E-state index contributed by atoms with van der Waals surface area (Å²) in [6, 6.07) is 6.83. The number of hydrogen-bond donors (Lipinski definition) is 1. The Kier molecular flexibility index (Phi) is 4.09. The minimum atomic E-state index is -1.13. The van der Waals surface area contributed by atoms with E-state index in [-0.39, 0.29) is 0 Å². The van der Waals surface area contributed by atoms with Gasteiger partial charge in [0.05, 0.1) is 7.11 Å². The van der Waals surface area contributed by atoms with E-state index < -0.39 is 17.8 Å². The van der Waals surface area contributed by atoms with Gasteiger partial charge in [-0.05, 0) is 31.2 Å². The summed E-state index contributed by atoms with van der Waals surface area (Å²) in [5, 5.41) is 8.76. The van der Waals surface area contributed by atoms with E-state index in [4.69, 9.17) is 9.84 Å². The molecule has 0 aliphatic rings. The number of methoxy groups -OCH3 is 1. The van der Waals surface area contributed by atoms with Crippen LogP contribution in [0, 0.1) is 5.92 Å². The summed E-state index contributed by atoms with van der Waals surface area (Å²) in [5.41, 5.74) is 0.629. The van der Waals surface area contributed by atoms with Gasteiger partial charge in [-0.15, -0.1) is 0 Å². The first kappa shape index (κ1) is 13.0. The zero-order valence-electron chi connectivity index (χ0n) is 10.0. The highest BCUT2D eigenvalue weighted by Crippen LogP contribution is 2.19. The lowest BCUT2D eigenvalue weighted by molar-refractivity contribution is -0.145. The molecule has 92 valence electrons. The first-order valence-corrected chi connectivity index (χ1v) is 5.11. The number of anilines is 1. The van der Waals surface area contributed by atoms with Crippen LogP contribution in [0.4, 0.5) is 5.69 Å². The first-order chi connectivity index (χ1) is 7.97. The van der Waals surface area contributed by atoms with Gasteiger partial charge < -0.3 is 14.7 Å². The monoisotopic (exact) mass is 237 g/mol. The number of amides is 1. The Morgan fingerprint density at radius 2 is 1.82 bits per heavy atom. The molecule has 1 atom stereocenters. The lowest BCUT2D eigenvalue weighted by atomic mass is 10.1. The van der Waals surface area contributed by atoms with E-state index in [0.29, 0.717) is 11.4 Å². The van der Waals surface area contributed by atoms with Crippen molar-refractivity contribution in [1.82, 2.24) is 0 Å². The van der Waals surface area contributed by atoms with Crippen molar-refractivity contribution in [2.45, 2.75) is 6.92 Å². The zero-order valence-corrected chi connectivity index (χ0v) is 10.0. The van der Waals surface area contributed by atoms with Crippen molar-refractivity contribution in [3.8, 4) is 5.75 Å². The molecule has 5 nitrogen and oxygen atoms in total. The largest absolute Gasteiger partial charge is 0.497 e. The van der Waals surface area contributed by atoms with Gasteiger partial charge in [-0.2, -0.15) is 0 Å². The van der Waals surface area contributed by atoms with Crippen LogP contribution in [0.1, 0.15) is 6.92 Å². The van der Waals surface area contributed by atoms with Gasteiger partial charge in [-0.3, -0.25) is 9.59 Å². The molecule has 0 aliphatic carbocycles. The van der Waals surface area contributed by atoms with Gasteiger partial charge in [0.1, 0.15) is 11.7 Å². The molecule has 17 heavy (non-hydrogen) atoms. The maximum Gasteiger partial charge on any atom is 0.315 e. The number of rotatable bonds is 4. The van der Waals surface area contributed by atoms with Crippen LogP contribution in [0.3, 0.4) is 0 Å². The number of benzene rings is 1. The normalized spacial score (nSPS) is 11.7. The van der Waals surface area contributed by atoms with E-state index in [1.165, 1.54) is 11.8 Å². The van der Waals surface area contributed by atoms with Crippen molar-refractivity contribution in [2.75, 3.05) is 19.1 Å². The van der Waals surface area contributed by atoms with E-state index in [1.54, 1.807) is 38.4 Å². The number of nitrogens with zero attached hydrogens (tertiary/aromatic N) is 1. The minimum Gasteiger partial charge on any atom is -0.497 e. The molecule has 0 aromatic heterocycles. The van der Waals surface area contributed by atoms with Crippen LogP contribution in [0.15, 0.2) is 24.3 Å². The molecular formula is C12H15NO4. The van der Waals surface area contributed by atoms with E-state index in [9.17, 15) is 9.59 Å². The third-order valence-corrected chi connectivity index (χ3v) is 2.53. The van der Waals surface area contributed by atoms with E-state index >= 15 is 0 Å². The van der Waals surface area contributed by atoms with Crippen molar-refractivity contribution < 1.29 is 19.4 Å². The average molecular weight is 237 g/mol. The molecule has 5 heteroatoms. The highest BCUT2D eigenvalue weighted by molar-refractivity contribution is 6.05. The van der Waals surface area contributed by atoms with Crippen molar-refractivity contribution >= 4 is 17.6 Å². The Morgan fingerprint density at radius 3 is 2.24 bits per heavy atom. The van der Waals surface area contributed by atoms with Gasteiger partial charge in [0.2, 0.25) is 5.91 Å². The molecule has 0 radical (unpaired) electrons. The van der Waals surface area contributed by atoms with Crippen LogP contribution in [-0.2, 0) is 9.59 Å². The molecule has 0 aliphatic heterocycles.